The van der Waals surface area contributed by atoms with Gasteiger partial charge in [-0.05, 0) is 37.9 Å². The smallest absolute Gasteiger partial charge is 0.322 e. The van der Waals surface area contributed by atoms with Crippen LogP contribution in [-0.4, -0.2) is 10.0 Å². The molecule has 0 amide bonds. The monoisotopic (exact) mass is 313 g/mol. The van der Waals surface area contributed by atoms with E-state index in [1.165, 1.54) is 6.07 Å². The first-order valence-corrected chi connectivity index (χ1v) is 4.54. The molecule has 7 heteroatoms. The van der Waals surface area contributed by atoms with Gasteiger partial charge in [0.05, 0.1) is 13.9 Å². The zero-order valence-electron chi connectivity index (χ0n) is 5.92. The number of benzene rings is 1. The molecule has 0 saturated carbocycles. The van der Waals surface area contributed by atoms with Gasteiger partial charge in [-0.3, -0.25) is 10.1 Å². The van der Waals surface area contributed by atoms with E-state index < -0.39 is 22.2 Å². The molecular formula is C6H2Br2FNO3. The summed E-state index contributed by atoms with van der Waals surface area (Å²) < 4.78 is 13.1. The quantitative estimate of drug-likeness (QED) is 0.640. The maximum absolute atomic E-state index is 13.0. The fourth-order valence-corrected chi connectivity index (χ4v) is 2.00. The van der Waals surface area contributed by atoms with Crippen LogP contribution in [-0.2, 0) is 0 Å². The topological polar surface area (TPSA) is 63.4 Å². The lowest BCUT2D eigenvalue weighted by atomic mass is 10.3. The first kappa shape index (κ1) is 10.4. The number of hydrogen-bond donors (Lipinski definition) is 1. The van der Waals surface area contributed by atoms with Crippen molar-refractivity contribution in [2.75, 3.05) is 0 Å². The van der Waals surface area contributed by atoms with E-state index in [0.29, 0.717) is 0 Å². The minimum absolute atomic E-state index is 0.0281. The van der Waals surface area contributed by atoms with Gasteiger partial charge in [0.1, 0.15) is 0 Å². The van der Waals surface area contributed by atoms with Gasteiger partial charge in [-0.1, -0.05) is 0 Å². The summed E-state index contributed by atoms with van der Waals surface area (Å²) in [5.41, 5.74) is -0.777. The number of nitro groups is 1. The van der Waals surface area contributed by atoms with Gasteiger partial charge in [0, 0.05) is 0 Å². The van der Waals surface area contributed by atoms with Crippen LogP contribution in [0.15, 0.2) is 15.0 Å². The van der Waals surface area contributed by atoms with Crippen LogP contribution in [0.2, 0.25) is 0 Å². The number of phenols is 1. The second-order valence-electron chi connectivity index (χ2n) is 2.11. The van der Waals surface area contributed by atoms with E-state index in [2.05, 4.69) is 31.9 Å². The largest absolute Gasteiger partial charge is 0.504 e. The summed E-state index contributed by atoms with van der Waals surface area (Å²) in [7, 11) is 0. The number of nitrogens with zero attached hydrogens (tertiary/aromatic N) is 1. The lowest BCUT2D eigenvalue weighted by molar-refractivity contribution is -0.388. The standard InChI is InChI=1S/C6H2Br2FNO3/c7-2-1-3(8)6(11)4(9)5(2)10(12)13/h1,11H. The van der Waals surface area contributed by atoms with Crippen LogP contribution in [0, 0.1) is 15.9 Å². The Morgan fingerprint density at radius 2 is 2.00 bits per heavy atom. The van der Waals surface area contributed by atoms with Crippen molar-refractivity contribution in [2.24, 2.45) is 0 Å². The van der Waals surface area contributed by atoms with Crippen LogP contribution in [0.5, 0.6) is 5.75 Å². The van der Waals surface area contributed by atoms with Crippen LogP contribution in [0.3, 0.4) is 0 Å². The maximum Gasteiger partial charge on any atom is 0.322 e. The van der Waals surface area contributed by atoms with Crippen LogP contribution in [0.25, 0.3) is 0 Å². The second kappa shape index (κ2) is 3.59. The van der Waals surface area contributed by atoms with Gasteiger partial charge in [-0.15, -0.1) is 0 Å². The van der Waals surface area contributed by atoms with Gasteiger partial charge in [0.2, 0.25) is 5.82 Å². The molecule has 0 aliphatic carbocycles. The molecule has 1 aromatic carbocycles. The Morgan fingerprint density at radius 3 is 2.46 bits per heavy atom. The summed E-state index contributed by atoms with van der Waals surface area (Å²) in [6, 6.07) is 1.20. The number of rotatable bonds is 1. The average molecular weight is 315 g/mol. The number of hydrogen-bond acceptors (Lipinski definition) is 3. The van der Waals surface area contributed by atoms with Gasteiger partial charge in [0.15, 0.2) is 5.75 Å². The van der Waals surface area contributed by atoms with Gasteiger partial charge in [-0.2, -0.15) is 4.39 Å². The lowest BCUT2D eigenvalue weighted by Crippen LogP contribution is -1.94. The molecule has 0 aromatic heterocycles. The first-order chi connectivity index (χ1) is 5.95. The molecule has 0 radical (unpaired) electrons. The zero-order chi connectivity index (χ0) is 10.2. The Labute approximate surface area is 88.8 Å². The van der Waals surface area contributed by atoms with E-state index in [1.807, 2.05) is 0 Å². The summed E-state index contributed by atoms with van der Waals surface area (Å²) in [5.74, 6) is -2.03. The molecule has 0 spiro atoms. The molecule has 1 rings (SSSR count). The van der Waals surface area contributed by atoms with Crippen LogP contribution < -0.4 is 0 Å². The highest BCUT2D eigenvalue weighted by Gasteiger charge is 2.24. The zero-order valence-corrected chi connectivity index (χ0v) is 9.09. The van der Waals surface area contributed by atoms with E-state index >= 15 is 0 Å². The molecule has 0 atom stereocenters. The van der Waals surface area contributed by atoms with Crippen molar-refractivity contribution >= 4 is 37.5 Å². The van der Waals surface area contributed by atoms with Gasteiger partial charge >= 0.3 is 5.69 Å². The summed E-state index contributed by atoms with van der Waals surface area (Å²) in [5, 5.41) is 19.3. The molecule has 0 heterocycles. The average Bonchev–Trinajstić information content (AvgIpc) is 1.99. The number of halogens is 3. The van der Waals surface area contributed by atoms with E-state index in [0.717, 1.165) is 0 Å². The van der Waals surface area contributed by atoms with Crippen molar-refractivity contribution in [1.82, 2.24) is 0 Å². The Hall–Kier alpha value is -0.690. The highest BCUT2D eigenvalue weighted by Crippen LogP contribution is 2.38. The van der Waals surface area contributed by atoms with Crippen molar-refractivity contribution in [2.45, 2.75) is 0 Å². The maximum atomic E-state index is 13.0. The summed E-state index contributed by atoms with van der Waals surface area (Å²) in [6.45, 7) is 0. The van der Waals surface area contributed by atoms with Gasteiger partial charge in [0.25, 0.3) is 0 Å². The Morgan fingerprint density at radius 1 is 1.46 bits per heavy atom. The molecule has 0 aliphatic heterocycles. The predicted octanol–water partition coefficient (Wildman–Crippen LogP) is 2.96. The highest BCUT2D eigenvalue weighted by atomic mass is 79.9. The molecule has 4 nitrogen and oxygen atoms in total. The highest BCUT2D eigenvalue weighted by molar-refractivity contribution is 9.11. The molecule has 13 heavy (non-hydrogen) atoms. The van der Waals surface area contributed by atoms with Crippen molar-refractivity contribution in [3.8, 4) is 5.75 Å². The molecule has 70 valence electrons. The van der Waals surface area contributed by atoms with Crippen LogP contribution in [0.1, 0.15) is 0 Å². The van der Waals surface area contributed by atoms with Crippen molar-refractivity contribution in [3.63, 3.8) is 0 Å². The normalized spacial score (nSPS) is 10.1. The fourth-order valence-electron chi connectivity index (χ4n) is 0.737. The molecule has 0 bridgehead atoms. The van der Waals surface area contributed by atoms with E-state index in [1.54, 1.807) is 0 Å². The molecule has 0 saturated heterocycles. The summed E-state index contributed by atoms with van der Waals surface area (Å²) in [4.78, 5) is 9.40. The number of phenolic OH excluding ortho intramolecular Hbond substituents is 1. The third-order valence-electron chi connectivity index (χ3n) is 1.30. The van der Waals surface area contributed by atoms with Gasteiger partial charge in [-0.25, -0.2) is 0 Å². The van der Waals surface area contributed by atoms with Gasteiger partial charge < -0.3 is 5.11 Å². The van der Waals surface area contributed by atoms with E-state index in [9.17, 15) is 14.5 Å². The molecular weight excluding hydrogens is 313 g/mol. The minimum atomic E-state index is -1.26. The Balaban J connectivity index is 3.53. The van der Waals surface area contributed by atoms with Crippen molar-refractivity contribution in [3.05, 3.63) is 30.9 Å². The summed E-state index contributed by atoms with van der Waals surface area (Å²) in [6.07, 6.45) is 0. The predicted molar refractivity (Wildman–Crippen MR) is 50.1 cm³/mol. The molecule has 0 aliphatic rings. The Bertz CT molecular complexity index is 383. The second-order valence-corrected chi connectivity index (χ2v) is 3.82. The fraction of sp³-hybridized carbons (Fsp3) is 0. The number of nitro benzene ring substituents is 1. The SMILES string of the molecule is O=[N+]([O-])c1c(Br)cc(Br)c(O)c1F. The van der Waals surface area contributed by atoms with Crippen LogP contribution >= 0.6 is 31.9 Å². The van der Waals surface area contributed by atoms with E-state index in [-0.39, 0.29) is 8.95 Å². The minimum Gasteiger partial charge on any atom is -0.504 e. The van der Waals surface area contributed by atoms with Crippen LogP contribution in [0.4, 0.5) is 10.1 Å². The van der Waals surface area contributed by atoms with Crippen molar-refractivity contribution < 1.29 is 14.4 Å². The Kier molecular flexibility index (Phi) is 2.87. The molecule has 1 N–H and O–H groups in total. The molecule has 0 fully saturated rings. The third-order valence-corrected chi connectivity index (χ3v) is 2.51. The summed E-state index contributed by atoms with van der Waals surface area (Å²) >= 11 is 5.65. The first-order valence-electron chi connectivity index (χ1n) is 2.96. The molecule has 1 aromatic rings. The number of aromatic hydroxyl groups is 1. The van der Waals surface area contributed by atoms with Crippen molar-refractivity contribution in [1.29, 1.82) is 0 Å². The van der Waals surface area contributed by atoms with E-state index in [4.69, 9.17) is 5.11 Å². The molecule has 0 unspecified atom stereocenters. The third kappa shape index (κ3) is 1.80. The lowest BCUT2D eigenvalue weighted by Gasteiger charge is -2.01.